The average Bonchev–Trinajstić information content (AvgIpc) is 2.29. The molecule has 96 valence electrons. The van der Waals surface area contributed by atoms with Crippen molar-refractivity contribution >= 4 is 5.91 Å². The molecule has 0 radical (unpaired) electrons. The first-order chi connectivity index (χ1) is 8.06. The number of nitrogens with two attached hydrogens (primary N) is 1. The summed E-state index contributed by atoms with van der Waals surface area (Å²) in [6, 6.07) is -0.283. The van der Waals surface area contributed by atoms with E-state index in [1.807, 2.05) is 0 Å². The van der Waals surface area contributed by atoms with Crippen molar-refractivity contribution in [3.63, 3.8) is 0 Å². The van der Waals surface area contributed by atoms with Crippen molar-refractivity contribution < 1.29 is 4.79 Å². The highest BCUT2D eigenvalue weighted by molar-refractivity contribution is 5.82. The monoisotopic (exact) mass is 236 g/mol. The van der Waals surface area contributed by atoms with Crippen molar-refractivity contribution in [2.75, 3.05) is 0 Å². The molecule has 3 atom stereocenters. The van der Waals surface area contributed by atoms with E-state index in [2.05, 4.69) is 25.1 Å². The Hall–Kier alpha value is -1.01. The van der Waals surface area contributed by atoms with Crippen LogP contribution < -0.4 is 11.1 Å². The molecule has 3 heteroatoms. The smallest absolute Gasteiger partial charge is 0.238 e. The first-order valence-electron chi connectivity index (χ1n) is 6.55. The average molecular weight is 236 g/mol. The molecule has 0 aromatic carbocycles. The van der Waals surface area contributed by atoms with Crippen LogP contribution in [0.1, 0.15) is 46.0 Å². The van der Waals surface area contributed by atoms with Gasteiger partial charge in [0.2, 0.25) is 5.91 Å². The van der Waals surface area contributed by atoms with Crippen molar-refractivity contribution in [1.29, 1.82) is 0 Å². The summed E-state index contributed by atoms with van der Waals surface area (Å²) in [7, 11) is 0. The van der Waals surface area contributed by atoms with Gasteiger partial charge in [0.1, 0.15) is 0 Å². The van der Waals surface area contributed by atoms with Gasteiger partial charge in [0.25, 0.3) is 0 Å². The van der Waals surface area contributed by atoms with E-state index in [1.54, 1.807) is 0 Å². The summed E-state index contributed by atoms with van der Waals surface area (Å²) in [5, 5.41) is 3.08. The second-order valence-electron chi connectivity index (χ2n) is 5.32. The lowest BCUT2D eigenvalue weighted by Gasteiger charge is -2.35. The molecular weight excluding hydrogens is 212 g/mol. The summed E-state index contributed by atoms with van der Waals surface area (Å²) in [6.07, 6.45) is 10.2. The summed E-state index contributed by atoms with van der Waals surface area (Å²) in [6.45, 7) is 4.44. The van der Waals surface area contributed by atoms with Crippen LogP contribution in [0.3, 0.4) is 0 Å². The fraction of sp³-hybridized carbons (Fsp3) is 0.786. The zero-order chi connectivity index (χ0) is 12.8. The molecule has 1 aliphatic carbocycles. The lowest BCUT2D eigenvalue weighted by molar-refractivity contribution is -0.123. The number of hydrogen-bond acceptors (Lipinski definition) is 2. The molecular formula is C14H24N2O. The third-order valence-electron chi connectivity index (χ3n) is 3.68. The standard InChI is InChI=1S/C14H24N2O/c1-4-7-12(15)14(17)16-13-9-6-5-8-11(13)10(2)3/h1,10-13H,5-9,15H2,2-3H3,(H,16,17). The lowest BCUT2D eigenvalue weighted by atomic mass is 9.78. The highest BCUT2D eigenvalue weighted by Gasteiger charge is 2.29. The molecule has 1 saturated carbocycles. The van der Waals surface area contributed by atoms with Crippen LogP contribution in [-0.2, 0) is 4.79 Å². The van der Waals surface area contributed by atoms with Gasteiger partial charge in [-0.2, -0.15) is 0 Å². The van der Waals surface area contributed by atoms with E-state index < -0.39 is 6.04 Å². The van der Waals surface area contributed by atoms with Crippen LogP contribution in [0.2, 0.25) is 0 Å². The summed E-state index contributed by atoms with van der Waals surface area (Å²) in [5.41, 5.74) is 5.71. The molecule has 3 unspecified atom stereocenters. The Morgan fingerprint density at radius 1 is 1.47 bits per heavy atom. The number of carbonyl (C=O) groups is 1. The van der Waals surface area contributed by atoms with Crippen LogP contribution in [0.25, 0.3) is 0 Å². The molecule has 0 heterocycles. The zero-order valence-electron chi connectivity index (χ0n) is 10.9. The second-order valence-corrected chi connectivity index (χ2v) is 5.32. The van der Waals surface area contributed by atoms with E-state index in [1.165, 1.54) is 19.3 Å². The molecule has 17 heavy (non-hydrogen) atoms. The third kappa shape index (κ3) is 4.05. The SMILES string of the molecule is C#CCC(N)C(=O)NC1CCCCC1C(C)C. The van der Waals surface area contributed by atoms with Crippen LogP contribution in [0, 0.1) is 24.2 Å². The zero-order valence-corrected chi connectivity index (χ0v) is 10.9. The van der Waals surface area contributed by atoms with Gasteiger partial charge in [0.05, 0.1) is 6.04 Å². The van der Waals surface area contributed by atoms with Crippen LogP contribution in [0.15, 0.2) is 0 Å². The van der Waals surface area contributed by atoms with E-state index >= 15 is 0 Å². The Bertz CT molecular complexity index is 293. The van der Waals surface area contributed by atoms with Gasteiger partial charge < -0.3 is 11.1 Å². The second kappa shape index (κ2) is 6.66. The number of nitrogens with one attached hydrogen (secondary N) is 1. The maximum Gasteiger partial charge on any atom is 0.238 e. The highest BCUT2D eigenvalue weighted by Crippen LogP contribution is 2.30. The molecule has 3 N–H and O–H groups in total. The quantitative estimate of drug-likeness (QED) is 0.730. The summed E-state index contributed by atoms with van der Waals surface area (Å²) < 4.78 is 0. The van der Waals surface area contributed by atoms with Crippen molar-refractivity contribution in [2.24, 2.45) is 17.6 Å². The summed E-state index contributed by atoms with van der Waals surface area (Å²) in [4.78, 5) is 11.8. The van der Waals surface area contributed by atoms with Gasteiger partial charge in [0, 0.05) is 12.5 Å². The molecule has 0 saturated heterocycles. The van der Waals surface area contributed by atoms with Crippen LogP contribution in [-0.4, -0.2) is 18.0 Å². The molecule has 1 fully saturated rings. The van der Waals surface area contributed by atoms with Crippen molar-refractivity contribution in [3.8, 4) is 12.3 Å². The Morgan fingerprint density at radius 2 is 2.12 bits per heavy atom. The molecule has 1 amide bonds. The molecule has 3 nitrogen and oxygen atoms in total. The molecule has 1 aliphatic rings. The minimum atomic E-state index is -0.560. The Morgan fingerprint density at radius 3 is 2.71 bits per heavy atom. The minimum absolute atomic E-state index is 0.0968. The largest absolute Gasteiger partial charge is 0.352 e. The summed E-state index contributed by atoms with van der Waals surface area (Å²) >= 11 is 0. The molecule has 0 aromatic rings. The van der Waals surface area contributed by atoms with Crippen molar-refractivity contribution in [3.05, 3.63) is 0 Å². The lowest BCUT2D eigenvalue weighted by Crippen LogP contribution is -2.49. The van der Waals surface area contributed by atoms with Crippen LogP contribution in [0.4, 0.5) is 0 Å². The fourth-order valence-corrected chi connectivity index (χ4v) is 2.65. The van der Waals surface area contributed by atoms with Gasteiger partial charge in [-0.25, -0.2) is 0 Å². The third-order valence-corrected chi connectivity index (χ3v) is 3.68. The Labute approximate surface area is 105 Å². The number of rotatable bonds is 4. The Kier molecular flexibility index (Phi) is 5.50. The van der Waals surface area contributed by atoms with E-state index in [9.17, 15) is 4.79 Å². The van der Waals surface area contributed by atoms with Gasteiger partial charge in [0.15, 0.2) is 0 Å². The van der Waals surface area contributed by atoms with E-state index in [0.29, 0.717) is 18.3 Å². The topological polar surface area (TPSA) is 55.1 Å². The van der Waals surface area contributed by atoms with Crippen LogP contribution in [0.5, 0.6) is 0 Å². The first-order valence-corrected chi connectivity index (χ1v) is 6.55. The number of terminal acetylenes is 1. The highest BCUT2D eigenvalue weighted by atomic mass is 16.2. The maximum absolute atomic E-state index is 11.8. The van der Waals surface area contributed by atoms with Gasteiger partial charge >= 0.3 is 0 Å². The predicted molar refractivity (Wildman–Crippen MR) is 70.2 cm³/mol. The number of hydrogen-bond donors (Lipinski definition) is 2. The van der Waals surface area contributed by atoms with Crippen molar-refractivity contribution in [2.45, 2.75) is 58.0 Å². The van der Waals surface area contributed by atoms with Gasteiger partial charge in [-0.05, 0) is 24.7 Å². The van der Waals surface area contributed by atoms with E-state index in [4.69, 9.17) is 12.2 Å². The molecule has 0 aromatic heterocycles. The van der Waals surface area contributed by atoms with E-state index in [-0.39, 0.29) is 11.9 Å². The normalized spacial score (nSPS) is 26.3. The van der Waals surface area contributed by atoms with Gasteiger partial charge in [-0.3, -0.25) is 4.79 Å². The molecule has 0 aliphatic heterocycles. The van der Waals surface area contributed by atoms with Crippen LogP contribution >= 0.6 is 0 Å². The first kappa shape index (κ1) is 14.1. The molecule has 0 bridgehead atoms. The Balaban J connectivity index is 2.53. The predicted octanol–water partition coefficient (Wildman–Crippen LogP) is 1.67. The van der Waals surface area contributed by atoms with E-state index in [0.717, 1.165) is 6.42 Å². The molecule has 1 rings (SSSR count). The minimum Gasteiger partial charge on any atom is -0.352 e. The van der Waals surface area contributed by atoms with Gasteiger partial charge in [-0.15, -0.1) is 12.3 Å². The maximum atomic E-state index is 11.8. The number of amides is 1. The molecule has 0 spiro atoms. The van der Waals surface area contributed by atoms with Gasteiger partial charge in [-0.1, -0.05) is 26.7 Å². The number of carbonyl (C=O) groups excluding carboxylic acids is 1. The van der Waals surface area contributed by atoms with Crippen molar-refractivity contribution in [1.82, 2.24) is 5.32 Å². The fourth-order valence-electron chi connectivity index (χ4n) is 2.65. The summed E-state index contributed by atoms with van der Waals surface area (Å²) in [5.74, 6) is 3.51.